The van der Waals surface area contributed by atoms with E-state index in [-0.39, 0.29) is 23.9 Å². The summed E-state index contributed by atoms with van der Waals surface area (Å²) in [7, 11) is 0.639. The van der Waals surface area contributed by atoms with Crippen molar-refractivity contribution in [3.05, 3.63) is 29.8 Å². The second-order valence-corrected chi connectivity index (χ2v) is 4.36. The van der Waals surface area contributed by atoms with Crippen LogP contribution in [0.1, 0.15) is 30.7 Å². The number of Topliss-reactive ketones (excluding diaryl/α,β-unsaturated/α-hetero) is 2. The number of ketones is 2. The molecule has 1 aromatic rings. The van der Waals surface area contributed by atoms with Gasteiger partial charge in [-0.15, -0.1) is 0 Å². The van der Waals surface area contributed by atoms with Gasteiger partial charge in [-0.05, 0) is 23.6 Å². The van der Waals surface area contributed by atoms with Gasteiger partial charge in [-0.1, -0.05) is 19.0 Å². The lowest BCUT2D eigenvalue weighted by molar-refractivity contribution is -0.130. The number of rotatable bonds is 3. The summed E-state index contributed by atoms with van der Waals surface area (Å²) in [6.45, 7) is 1.94. The average molecular weight is 230 g/mol. The van der Waals surface area contributed by atoms with Crippen LogP contribution in [-0.4, -0.2) is 19.0 Å². The normalized spacial score (nSPS) is 17.0. The van der Waals surface area contributed by atoms with Crippen molar-refractivity contribution in [1.29, 1.82) is 0 Å². The molecule has 0 unspecified atom stereocenters. The summed E-state index contributed by atoms with van der Waals surface area (Å²) in [4.78, 5) is 22.8. The maximum Gasteiger partial charge on any atom is 0.336 e. The van der Waals surface area contributed by atoms with Crippen molar-refractivity contribution in [2.75, 3.05) is 0 Å². The molecule has 4 heteroatoms. The van der Waals surface area contributed by atoms with Crippen LogP contribution in [0.15, 0.2) is 24.3 Å². The van der Waals surface area contributed by atoms with E-state index in [9.17, 15) is 9.59 Å². The Morgan fingerprint density at radius 3 is 2.24 bits per heavy atom. The molecule has 0 aromatic heterocycles. The van der Waals surface area contributed by atoms with Crippen LogP contribution >= 0.6 is 0 Å². The Hall–Kier alpha value is -1.58. The third-order valence-corrected chi connectivity index (χ3v) is 3.00. The van der Waals surface area contributed by atoms with E-state index in [0.29, 0.717) is 20.3 Å². The summed E-state index contributed by atoms with van der Waals surface area (Å²) in [5, 5.41) is 0. The van der Waals surface area contributed by atoms with E-state index in [0.717, 1.165) is 11.3 Å². The predicted octanol–water partition coefficient (Wildman–Crippen LogP) is 1.87. The molecule has 0 aliphatic heterocycles. The lowest BCUT2D eigenvalue weighted by Gasteiger charge is -2.20. The molecule has 1 fully saturated rings. The van der Waals surface area contributed by atoms with Crippen LogP contribution in [0.2, 0.25) is 6.82 Å². The summed E-state index contributed by atoms with van der Waals surface area (Å²) < 4.78 is 5.36. The summed E-state index contributed by atoms with van der Waals surface area (Å²) in [5.74, 6) is 0.990. The first-order valence-electron chi connectivity index (χ1n) is 5.95. The standard InChI is InChI=1S/C13H15BO3/c1-14-17-13-4-2-9(3-5-13)10-6-11(15)8-12(16)7-10/h2-5,10,14H,6-8H2,1H3. The maximum absolute atomic E-state index is 11.4. The molecule has 3 nitrogen and oxygen atoms in total. The Kier molecular flexibility index (Phi) is 3.62. The van der Waals surface area contributed by atoms with Gasteiger partial charge in [0.05, 0.1) is 12.2 Å². The van der Waals surface area contributed by atoms with Crippen LogP contribution in [0.3, 0.4) is 0 Å². The van der Waals surface area contributed by atoms with Gasteiger partial charge < -0.3 is 4.65 Å². The third-order valence-electron chi connectivity index (χ3n) is 3.00. The fourth-order valence-electron chi connectivity index (χ4n) is 2.22. The fourth-order valence-corrected chi connectivity index (χ4v) is 2.22. The lowest BCUT2D eigenvalue weighted by Crippen LogP contribution is -2.21. The number of hydrogen-bond acceptors (Lipinski definition) is 3. The van der Waals surface area contributed by atoms with E-state index in [1.165, 1.54) is 0 Å². The molecule has 0 spiro atoms. The Bertz CT molecular complexity index is 409. The molecule has 0 bridgehead atoms. The summed E-state index contributed by atoms with van der Waals surface area (Å²) in [6, 6.07) is 7.67. The Morgan fingerprint density at radius 2 is 1.71 bits per heavy atom. The van der Waals surface area contributed by atoms with Crippen molar-refractivity contribution < 1.29 is 14.2 Å². The van der Waals surface area contributed by atoms with Gasteiger partial charge in [-0.3, -0.25) is 9.59 Å². The van der Waals surface area contributed by atoms with Gasteiger partial charge in [0.2, 0.25) is 0 Å². The number of carbonyl (C=O) groups is 2. The van der Waals surface area contributed by atoms with E-state index in [1.807, 2.05) is 31.1 Å². The lowest BCUT2D eigenvalue weighted by atomic mass is 9.83. The van der Waals surface area contributed by atoms with Gasteiger partial charge in [0.25, 0.3) is 0 Å². The van der Waals surface area contributed by atoms with Crippen molar-refractivity contribution in [2.45, 2.75) is 32.0 Å². The number of hydrogen-bond donors (Lipinski definition) is 0. The molecule has 1 aliphatic carbocycles. The highest BCUT2D eigenvalue weighted by Gasteiger charge is 2.26. The fraction of sp³-hybridized carbons (Fsp3) is 0.385. The van der Waals surface area contributed by atoms with Crippen molar-refractivity contribution >= 4 is 19.0 Å². The van der Waals surface area contributed by atoms with Crippen LogP contribution in [0.4, 0.5) is 0 Å². The van der Waals surface area contributed by atoms with Crippen LogP contribution in [-0.2, 0) is 9.59 Å². The van der Waals surface area contributed by atoms with Crippen LogP contribution < -0.4 is 4.65 Å². The van der Waals surface area contributed by atoms with Crippen molar-refractivity contribution in [3.8, 4) is 5.75 Å². The zero-order valence-corrected chi connectivity index (χ0v) is 9.94. The van der Waals surface area contributed by atoms with Crippen LogP contribution in [0.25, 0.3) is 0 Å². The Balaban J connectivity index is 2.11. The van der Waals surface area contributed by atoms with E-state index >= 15 is 0 Å². The molecule has 0 saturated heterocycles. The Morgan fingerprint density at radius 1 is 1.12 bits per heavy atom. The minimum atomic E-state index is 0.0550. The largest absolute Gasteiger partial charge is 0.565 e. The molecule has 1 aliphatic rings. The first-order chi connectivity index (χ1) is 8.19. The SMILES string of the molecule is CBOc1ccc(C2CC(=O)CC(=O)C2)cc1. The van der Waals surface area contributed by atoms with Gasteiger partial charge in [0.15, 0.2) is 0 Å². The molecule has 0 atom stereocenters. The average Bonchev–Trinajstić information content (AvgIpc) is 2.29. The molecule has 0 N–H and O–H groups in total. The summed E-state index contributed by atoms with van der Waals surface area (Å²) in [5.41, 5.74) is 1.05. The maximum atomic E-state index is 11.4. The highest BCUT2D eigenvalue weighted by molar-refractivity contribution is 6.26. The molecular weight excluding hydrogens is 215 g/mol. The smallest absolute Gasteiger partial charge is 0.336 e. The highest BCUT2D eigenvalue weighted by Crippen LogP contribution is 2.30. The molecule has 1 aromatic carbocycles. The van der Waals surface area contributed by atoms with Crippen LogP contribution in [0.5, 0.6) is 5.75 Å². The first-order valence-corrected chi connectivity index (χ1v) is 5.95. The van der Waals surface area contributed by atoms with Crippen LogP contribution in [0, 0.1) is 0 Å². The molecule has 0 heterocycles. The first kappa shape index (κ1) is 11.9. The van der Waals surface area contributed by atoms with Gasteiger partial charge in [0.1, 0.15) is 11.6 Å². The molecule has 0 amide bonds. The minimum absolute atomic E-state index is 0.0550. The zero-order valence-electron chi connectivity index (χ0n) is 9.94. The van der Waals surface area contributed by atoms with Crippen molar-refractivity contribution in [1.82, 2.24) is 0 Å². The molecule has 1 saturated carbocycles. The molecule has 0 radical (unpaired) electrons. The van der Waals surface area contributed by atoms with E-state index in [4.69, 9.17) is 4.65 Å². The molecule has 88 valence electrons. The number of carbonyl (C=O) groups excluding carboxylic acids is 2. The van der Waals surface area contributed by atoms with Gasteiger partial charge in [-0.2, -0.15) is 0 Å². The van der Waals surface area contributed by atoms with E-state index in [1.54, 1.807) is 0 Å². The minimum Gasteiger partial charge on any atom is -0.565 e. The molecule has 2 rings (SSSR count). The van der Waals surface area contributed by atoms with Crippen molar-refractivity contribution in [3.63, 3.8) is 0 Å². The summed E-state index contributed by atoms with van der Waals surface area (Å²) in [6.07, 6.45) is 1.09. The van der Waals surface area contributed by atoms with Gasteiger partial charge in [0, 0.05) is 12.8 Å². The third kappa shape index (κ3) is 2.96. The second kappa shape index (κ2) is 5.17. The van der Waals surface area contributed by atoms with Gasteiger partial charge >= 0.3 is 7.48 Å². The molecular formula is C13H15BO3. The Labute approximate surface area is 101 Å². The topological polar surface area (TPSA) is 43.4 Å². The monoisotopic (exact) mass is 230 g/mol. The zero-order chi connectivity index (χ0) is 12.3. The highest BCUT2D eigenvalue weighted by atomic mass is 16.4. The quantitative estimate of drug-likeness (QED) is 0.588. The predicted molar refractivity (Wildman–Crippen MR) is 66.7 cm³/mol. The molecule has 17 heavy (non-hydrogen) atoms. The summed E-state index contributed by atoms with van der Waals surface area (Å²) >= 11 is 0. The van der Waals surface area contributed by atoms with E-state index in [2.05, 4.69) is 0 Å². The van der Waals surface area contributed by atoms with Gasteiger partial charge in [-0.25, -0.2) is 0 Å². The van der Waals surface area contributed by atoms with E-state index < -0.39 is 0 Å². The van der Waals surface area contributed by atoms with Crippen molar-refractivity contribution in [2.24, 2.45) is 0 Å². The second-order valence-electron chi connectivity index (χ2n) is 4.36. The number of benzene rings is 1.